The Morgan fingerprint density at radius 3 is 2.38 bits per heavy atom. The highest BCUT2D eigenvalue weighted by Crippen LogP contribution is 2.41. The second kappa shape index (κ2) is 6.15. The van der Waals surface area contributed by atoms with Gasteiger partial charge in [-0.3, -0.25) is 34.7 Å². The van der Waals surface area contributed by atoms with Crippen LogP contribution in [0.3, 0.4) is 0 Å². The number of likely N-dealkylation sites (tertiary alicyclic amines) is 1. The van der Waals surface area contributed by atoms with Crippen LogP contribution in [0.2, 0.25) is 0 Å². The Hall–Kier alpha value is -2.56. The predicted molar refractivity (Wildman–Crippen MR) is 77.7 cm³/mol. The molecule has 24 heavy (non-hydrogen) atoms. The van der Waals surface area contributed by atoms with Crippen LogP contribution in [0.15, 0.2) is 12.2 Å². The zero-order valence-corrected chi connectivity index (χ0v) is 12.7. The third-order valence-corrected chi connectivity index (χ3v) is 4.64. The third kappa shape index (κ3) is 3.07. The van der Waals surface area contributed by atoms with Gasteiger partial charge in [0.1, 0.15) is 6.04 Å². The fraction of sp³-hybridized carbons (Fsp3) is 0.692. The zero-order chi connectivity index (χ0) is 18.1. The summed E-state index contributed by atoms with van der Waals surface area (Å²) in [5, 5.41) is 41.2. The maximum absolute atomic E-state index is 11.5. The van der Waals surface area contributed by atoms with Crippen molar-refractivity contribution in [1.82, 2.24) is 4.90 Å². The monoisotopic (exact) mass is 343 g/mol. The molecule has 2 N–H and O–H groups in total. The van der Waals surface area contributed by atoms with Crippen LogP contribution in [0.1, 0.15) is 25.7 Å². The molecule has 2 aliphatic rings. The molecule has 1 heterocycles. The Labute approximate surface area is 135 Å². The Morgan fingerprint density at radius 1 is 1.21 bits per heavy atom. The largest absolute Gasteiger partial charge is 0.481 e. The van der Waals surface area contributed by atoms with E-state index in [1.807, 2.05) is 0 Å². The molecule has 0 radical (unpaired) electrons. The number of carboxylic acid groups (broad SMARTS) is 2. The van der Waals surface area contributed by atoms with Crippen LogP contribution in [0, 0.1) is 20.2 Å². The highest BCUT2D eigenvalue weighted by molar-refractivity contribution is 5.75. The van der Waals surface area contributed by atoms with Crippen LogP contribution in [-0.4, -0.2) is 67.1 Å². The lowest BCUT2D eigenvalue weighted by molar-refractivity contribution is -0.619. The van der Waals surface area contributed by atoms with Crippen molar-refractivity contribution in [2.45, 2.75) is 42.8 Å². The normalized spacial score (nSPS) is 30.5. The summed E-state index contributed by atoms with van der Waals surface area (Å²) < 4.78 is 0. The van der Waals surface area contributed by atoms with Crippen molar-refractivity contribution in [3.8, 4) is 0 Å². The minimum Gasteiger partial charge on any atom is -0.481 e. The first-order valence-electron chi connectivity index (χ1n) is 7.27. The molecule has 11 nitrogen and oxygen atoms in total. The summed E-state index contributed by atoms with van der Waals surface area (Å²) in [5.74, 6) is -2.55. The molecule has 3 atom stereocenters. The third-order valence-electron chi connectivity index (χ3n) is 4.64. The minimum absolute atomic E-state index is 0.0304. The van der Waals surface area contributed by atoms with Crippen molar-refractivity contribution in [2.24, 2.45) is 0 Å². The Bertz CT molecular complexity index is 620. The van der Waals surface area contributed by atoms with Crippen molar-refractivity contribution in [3.63, 3.8) is 0 Å². The van der Waals surface area contributed by atoms with Crippen molar-refractivity contribution in [3.05, 3.63) is 32.4 Å². The Morgan fingerprint density at radius 2 is 1.88 bits per heavy atom. The van der Waals surface area contributed by atoms with Crippen LogP contribution in [0.5, 0.6) is 0 Å². The summed E-state index contributed by atoms with van der Waals surface area (Å²) >= 11 is 0. The molecule has 2 rings (SSSR count). The van der Waals surface area contributed by atoms with Crippen molar-refractivity contribution < 1.29 is 29.6 Å². The molecule has 2 bridgehead atoms. The molecule has 132 valence electrons. The maximum Gasteiger partial charge on any atom is 0.320 e. The fourth-order valence-corrected chi connectivity index (χ4v) is 3.54. The van der Waals surface area contributed by atoms with Crippen molar-refractivity contribution in [1.29, 1.82) is 0 Å². The summed E-state index contributed by atoms with van der Waals surface area (Å²) in [4.78, 5) is 45.2. The first-order chi connectivity index (χ1) is 11.1. The summed E-state index contributed by atoms with van der Waals surface area (Å²) in [5.41, 5.74) is -3.38. The second-order valence-electron chi connectivity index (χ2n) is 6.32. The second-order valence-corrected chi connectivity index (χ2v) is 6.32. The average Bonchev–Trinajstić information content (AvgIpc) is 2.46. The Balaban J connectivity index is 2.38. The number of fused-ring (bicyclic) bond motifs is 2. The zero-order valence-electron chi connectivity index (χ0n) is 12.7. The summed E-state index contributed by atoms with van der Waals surface area (Å²) in [6.07, 6.45) is 1.63. The SMILES string of the molecule is O=C(O)CCC(C(=O)O)N1CC2([N+](=O)[O-])C=CCC([N+](=O)[O-])(C1)C2. The number of aliphatic carboxylic acids is 2. The van der Waals surface area contributed by atoms with Crippen LogP contribution in [0.4, 0.5) is 0 Å². The predicted octanol–water partition coefficient (Wildman–Crippen LogP) is 0.00100. The first kappa shape index (κ1) is 17.8. The molecule has 0 aromatic heterocycles. The van der Waals surface area contributed by atoms with E-state index >= 15 is 0 Å². The molecule has 0 spiro atoms. The minimum atomic E-state index is -1.74. The van der Waals surface area contributed by atoms with E-state index in [1.54, 1.807) is 0 Å². The summed E-state index contributed by atoms with van der Waals surface area (Å²) in [6.45, 7) is -0.570. The van der Waals surface area contributed by atoms with E-state index in [2.05, 4.69) is 0 Å². The van der Waals surface area contributed by atoms with E-state index in [0.29, 0.717) is 0 Å². The van der Waals surface area contributed by atoms with Crippen LogP contribution in [-0.2, 0) is 9.59 Å². The molecule has 0 aromatic carbocycles. The molecule has 0 aromatic rings. The molecular formula is C13H17N3O8. The molecular weight excluding hydrogens is 326 g/mol. The summed E-state index contributed by atoms with van der Waals surface area (Å²) in [6, 6.07) is -1.33. The van der Waals surface area contributed by atoms with E-state index < -0.39 is 45.3 Å². The van der Waals surface area contributed by atoms with E-state index in [0.717, 1.165) is 0 Å². The number of piperidine rings is 1. The Kier molecular flexibility index (Phi) is 4.56. The lowest BCUT2D eigenvalue weighted by atomic mass is 9.71. The van der Waals surface area contributed by atoms with Crippen LogP contribution < -0.4 is 0 Å². The van der Waals surface area contributed by atoms with Gasteiger partial charge in [-0.05, 0) is 12.5 Å². The summed E-state index contributed by atoms with van der Waals surface area (Å²) in [7, 11) is 0. The molecule has 1 aliphatic carbocycles. The van der Waals surface area contributed by atoms with Gasteiger partial charge in [0, 0.05) is 22.7 Å². The van der Waals surface area contributed by atoms with Crippen molar-refractivity contribution >= 4 is 11.9 Å². The number of carboxylic acids is 2. The van der Waals surface area contributed by atoms with Gasteiger partial charge in [-0.25, -0.2) is 0 Å². The van der Waals surface area contributed by atoms with Gasteiger partial charge < -0.3 is 10.2 Å². The van der Waals surface area contributed by atoms with Gasteiger partial charge in [0.2, 0.25) is 5.54 Å². The van der Waals surface area contributed by atoms with E-state index in [4.69, 9.17) is 5.11 Å². The van der Waals surface area contributed by atoms with E-state index in [9.17, 15) is 34.9 Å². The molecule has 1 fully saturated rings. The number of hydrogen-bond donors (Lipinski definition) is 2. The molecule has 3 unspecified atom stereocenters. The van der Waals surface area contributed by atoms with E-state index in [-0.39, 0.29) is 32.4 Å². The van der Waals surface area contributed by atoms with Gasteiger partial charge in [0.25, 0.3) is 5.54 Å². The lowest BCUT2D eigenvalue weighted by Gasteiger charge is -2.45. The van der Waals surface area contributed by atoms with Gasteiger partial charge in [-0.15, -0.1) is 0 Å². The number of hydrogen-bond acceptors (Lipinski definition) is 7. The first-order valence-corrected chi connectivity index (χ1v) is 7.27. The van der Waals surface area contributed by atoms with Gasteiger partial charge in [-0.2, -0.15) is 0 Å². The van der Waals surface area contributed by atoms with E-state index in [1.165, 1.54) is 17.1 Å². The molecule has 0 saturated carbocycles. The van der Waals surface area contributed by atoms with Crippen LogP contribution in [0.25, 0.3) is 0 Å². The number of rotatable bonds is 7. The molecule has 1 saturated heterocycles. The van der Waals surface area contributed by atoms with Gasteiger partial charge in [-0.1, -0.05) is 6.08 Å². The smallest absolute Gasteiger partial charge is 0.320 e. The van der Waals surface area contributed by atoms with Gasteiger partial charge >= 0.3 is 11.9 Å². The highest BCUT2D eigenvalue weighted by atomic mass is 16.6. The van der Waals surface area contributed by atoms with Crippen LogP contribution >= 0.6 is 0 Å². The molecule has 0 amide bonds. The molecule has 11 heteroatoms. The average molecular weight is 343 g/mol. The van der Waals surface area contributed by atoms with Gasteiger partial charge in [0.15, 0.2) is 0 Å². The number of nitrogens with zero attached hydrogens (tertiary/aromatic N) is 3. The maximum atomic E-state index is 11.5. The number of nitro groups is 2. The van der Waals surface area contributed by atoms with Crippen molar-refractivity contribution in [2.75, 3.05) is 13.1 Å². The quantitative estimate of drug-likeness (QED) is 0.367. The van der Waals surface area contributed by atoms with Gasteiger partial charge in [0.05, 0.1) is 19.5 Å². The topological polar surface area (TPSA) is 164 Å². The molecule has 1 aliphatic heterocycles. The fourth-order valence-electron chi connectivity index (χ4n) is 3.54. The standard InChI is InChI=1S/C13H17N3O8/c17-10(18)3-2-9(11(19)20)14-7-12(15(21)22)4-1-5-13(6-12,8-14)16(23)24/h1,4,9H,2-3,5-8H2,(H,17,18)(H,19,20). The highest BCUT2D eigenvalue weighted by Gasteiger charge is 2.63. The lowest BCUT2D eigenvalue weighted by Crippen LogP contribution is -2.68. The number of carbonyl (C=O) groups is 2.